The Balaban J connectivity index is 0. The van der Waals surface area contributed by atoms with Crippen LogP contribution in [0.2, 0.25) is 0 Å². The summed E-state index contributed by atoms with van der Waals surface area (Å²) in [5, 5.41) is 0. The van der Waals surface area contributed by atoms with Crippen molar-refractivity contribution >= 4 is 23.1 Å². The Kier molecular flexibility index (Phi) is 12.1. The molecule has 0 atom stereocenters. The van der Waals surface area contributed by atoms with E-state index in [1.165, 1.54) is 24.0 Å². The summed E-state index contributed by atoms with van der Waals surface area (Å²) in [6.07, 6.45) is 3.63. The zero-order chi connectivity index (χ0) is 10.4. The predicted molar refractivity (Wildman–Crippen MR) is 65.5 cm³/mol. The second-order valence-corrected chi connectivity index (χ2v) is 3.71. The van der Waals surface area contributed by atoms with Gasteiger partial charge in [0.1, 0.15) is 0 Å². The first kappa shape index (κ1) is 18.6. The van der Waals surface area contributed by atoms with Crippen molar-refractivity contribution in [2.24, 2.45) is 0 Å². The number of ether oxygens (including phenoxy) is 1. The van der Waals surface area contributed by atoms with Crippen LogP contribution >= 0.6 is 0 Å². The van der Waals surface area contributed by atoms with Crippen LogP contribution in [0.25, 0.3) is 0 Å². The molecule has 0 amide bonds. The molecule has 0 saturated carbocycles. The molecule has 86 valence electrons. The maximum absolute atomic E-state index is 5.75. The molecule has 1 aromatic carbocycles. The van der Waals surface area contributed by atoms with E-state index in [4.69, 9.17) is 4.74 Å². The third-order valence-electron chi connectivity index (χ3n) is 2.31. The van der Waals surface area contributed by atoms with E-state index in [2.05, 4.69) is 26.8 Å². The number of hydrogen-bond donors (Lipinski definition) is 0. The first-order valence-electron chi connectivity index (χ1n) is 5.35. The average molecular weight is 296 g/mol. The maximum atomic E-state index is 5.75. The van der Waals surface area contributed by atoms with Crippen LogP contribution in [0.15, 0.2) is 12.1 Å². The Morgan fingerprint density at radius 2 is 1.69 bits per heavy atom. The molecule has 0 N–H and O–H groups in total. The maximum Gasteiger partial charge on any atom is 2.00 e. The smallest absolute Gasteiger partial charge is 1.00 e. The van der Waals surface area contributed by atoms with Crippen molar-refractivity contribution in [3.8, 4) is 5.75 Å². The van der Waals surface area contributed by atoms with E-state index in [-0.39, 0.29) is 40.0 Å². The third-order valence-corrected chi connectivity index (χ3v) is 2.31. The minimum absolute atomic E-state index is 0. The Morgan fingerprint density at radius 1 is 1.12 bits per heavy atom. The topological polar surface area (TPSA) is 9.23 Å². The first-order chi connectivity index (χ1) is 6.75. The van der Waals surface area contributed by atoms with Crippen molar-refractivity contribution < 1.29 is 21.7 Å². The Hall–Kier alpha value is 0.266. The molecule has 0 aliphatic carbocycles. The Morgan fingerprint density at radius 3 is 2.19 bits per heavy atom. The monoisotopic (exact) mass is 294 g/mol. The Labute approximate surface area is 126 Å². The van der Waals surface area contributed by atoms with Gasteiger partial charge in [-0.2, -0.15) is 18.2 Å². The largest absolute Gasteiger partial charge is 2.00 e. The van der Waals surface area contributed by atoms with Crippen LogP contribution in [0.3, 0.4) is 0 Å². The molecule has 1 aromatic rings. The molecule has 0 aliphatic rings. The van der Waals surface area contributed by atoms with Crippen molar-refractivity contribution in [2.75, 3.05) is 6.61 Å². The van der Waals surface area contributed by atoms with E-state index in [1.807, 2.05) is 12.1 Å². The van der Waals surface area contributed by atoms with Gasteiger partial charge in [-0.25, -0.2) is 0 Å². The summed E-state index contributed by atoms with van der Waals surface area (Å²) in [6.45, 7) is 7.17. The van der Waals surface area contributed by atoms with Crippen molar-refractivity contribution in [1.29, 1.82) is 0 Å². The van der Waals surface area contributed by atoms with E-state index in [0.29, 0.717) is 0 Å². The average Bonchev–Trinajstić information content (AvgIpc) is 2.16. The van der Waals surface area contributed by atoms with Gasteiger partial charge < -0.3 is 21.7 Å². The second-order valence-electron chi connectivity index (χ2n) is 3.71. The fourth-order valence-electron chi connectivity index (χ4n) is 1.49. The van der Waals surface area contributed by atoms with Gasteiger partial charge in [0.2, 0.25) is 0 Å². The van der Waals surface area contributed by atoms with Gasteiger partial charge in [-0.05, 0) is 6.42 Å². The summed E-state index contributed by atoms with van der Waals surface area (Å²) in [5.41, 5.74) is 2.36. The minimum Gasteiger partial charge on any atom is -1.00 e. The summed E-state index contributed by atoms with van der Waals surface area (Å²) < 4.78 is 5.75. The van der Waals surface area contributed by atoms with E-state index in [0.717, 1.165) is 18.8 Å². The van der Waals surface area contributed by atoms with E-state index in [9.17, 15) is 0 Å². The van der Waals surface area contributed by atoms with Crippen LogP contribution in [-0.4, -0.2) is 29.7 Å². The van der Waals surface area contributed by atoms with Crippen LogP contribution < -0.4 is 21.7 Å². The molecule has 0 heterocycles. The molecule has 0 saturated heterocycles. The third kappa shape index (κ3) is 6.11. The zero-order valence-corrected chi connectivity index (χ0v) is 13.5. The molecule has 0 unspecified atom stereocenters. The summed E-state index contributed by atoms with van der Waals surface area (Å²) in [4.78, 5) is 0. The number of benzene rings is 1. The van der Waals surface area contributed by atoms with E-state index in [1.54, 1.807) is 0 Å². The molecule has 0 spiro atoms. The molecule has 0 bridgehead atoms. The van der Waals surface area contributed by atoms with Crippen molar-refractivity contribution in [3.63, 3.8) is 0 Å². The van der Waals surface area contributed by atoms with Crippen LogP contribution in [0.1, 0.15) is 37.3 Å². The molecule has 0 radical (unpaired) electrons. The number of unbranched alkanes of at least 4 members (excludes halogenated alkanes) is 2. The van der Waals surface area contributed by atoms with Gasteiger partial charge in [0, 0.05) is 5.75 Å². The van der Waals surface area contributed by atoms with Gasteiger partial charge in [-0.3, -0.25) is 0 Å². The standard InChI is InChI=1S/C13H19O.BrH.Mg/c1-4-5-6-10-14-13-11(2)8-7-9-12(13)3;;/h8-9H,4-6,10H2,1-3H3;1H;/q-1;;+2/p-1. The molecule has 0 aromatic heterocycles. The molecule has 3 heteroatoms. The van der Waals surface area contributed by atoms with E-state index >= 15 is 0 Å². The number of rotatable bonds is 5. The van der Waals surface area contributed by atoms with Gasteiger partial charge in [0.05, 0.1) is 6.61 Å². The molecule has 0 aliphatic heterocycles. The molecule has 1 rings (SSSR count). The fraction of sp³-hybridized carbons (Fsp3) is 0.538. The first-order valence-corrected chi connectivity index (χ1v) is 5.35. The van der Waals surface area contributed by atoms with Gasteiger partial charge >= 0.3 is 23.1 Å². The second kappa shape index (κ2) is 10.4. The minimum atomic E-state index is 0. The van der Waals surface area contributed by atoms with Crippen molar-refractivity contribution in [3.05, 3.63) is 29.3 Å². The summed E-state index contributed by atoms with van der Waals surface area (Å²) in [7, 11) is 0. The molecule has 16 heavy (non-hydrogen) atoms. The fourth-order valence-corrected chi connectivity index (χ4v) is 1.49. The van der Waals surface area contributed by atoms with Gasteiger partial charge in [0.15, 0.2) is 0 Å². The Bertz CT molecular complexity index is 269. The van der Waals surface area contributed by atoms with Gasteiger partial charge in [-0.15, -0.1) is 11.1 Å². The van der Waals surface area contributed by atoms with Crippen molar-refractivity contribution in [2.45, 2.75) is 40.0 Å². The quantitative estimate of drug-likeness (QED) is 0.431. The summed E-state index contributed by atoms with van der Waals surface area (Å²) in [5.74, 6) is 1.04. The summed E-state index contributed by atoms with van der Waals surface area (Å²) >= 11 is 0. The van der Waals surface area contributed by atoms with Crippen LogP contribution in [0.5, 0.6) is 5.75 Å². The van der Waals surface area contributed by atoms with Gasteiger partial charge in [0.25, 0.3) is 0 Å². The van der Waals surface area contributed by atoms with E-state index < -0.39 is 0 Å². The predicted octanol–water partition coefficient (Wildman–Crippen LogP) is 0.296. The van der Waals surface area contributed by atoms with Crippen LogP contribution in [0.4, 0.5) is 0 Å². The van der Waals surface area contributed by atoms with Crippen LogP contribution in [-0.2, 0) is 0 Å². The normalized spacial score (nSPS) is 8.94. The summed E-state index contributed by atoms with van der Waals surface area (Å²) in [6, 6.07) is 7.04. The molecular formula is C13H19BrMgO. The zero-order valence-electron chi connectivity index (χ0n) is 10.5. The molecule has 1 nitrogen and oxygen atoms in total. The SMILES string of the molecule is CCCCCOc1c(C)c[c-]cc1C.[Br-].[Mg+2]. The van der Waals surface area contributed by atoms with Crippen LogP contribution in [0, 0.1) is 19.9 Å². The van der Waals surface area contributed by atoms with Crippen molar-refractivity contribution in [1.82, 2.24) is 0 Å². The van der Waals surface area contributed by atoms with Gasteiger partial charge in [-0.1, -0.05) is 33.6 Å². The number of hydrogen-bond acceptors (Lipinski definition) is 1. The number of halogens is 1. The molecule has 0 fully saturated rings. The molecular weight excluding hydrogens is 276 g/mol. The number of aryl methyl sites for hydroxylation is 2.